The van der Waals surface area contributed by atoms with E-state index >= 15 is 0 Å². The fourth-order valence-corrected chi connectivity index (χ4v) is 3.00. The third-order valence-corrected chi connectivity index (χ3v) is 4.95. The molecule has 0 fully saturated rings. The van der Waals surface area contributed by atoms with Gasteiger partial charge < -0.3 is 61.0 Å². The summed E-state index contributed by atoms with van der Waals surface area (Å²) in [5.41, 5.74) is -5.69. The summed E-state index contributed by atoms with van der Waals surface area (Å²) < 4.78 is 0. The zero-order valence-electron chi connectivity index (χ0n) is 16.8. The van der Waals surface area contributed by atoms with E-state index in [2.05, 4.69) is 0 Å². The highest BCUT2D eigenvalue weighted by Crippen LogP contribution is 2.39. The van der Waals surface area contributed by atoms with Gasteiger partial charge in [-0.2, -0.15) is 0 Å². The van der Waals surface area contributed by atoms with Crippen LogP contribution in [0, 0.1) is 0 Å². The van der Waals surface area contributed by atoms with Crippen LogP contribution in [0.3, 0.4) is 0 Å². The summed E-state index contributed by atoms with van der Waals surface area (Å²) in [6.07, 6.45) is -10.9. The van der Waals surface area contributed by atoms with E-state index in [0.29, 0.717) is 24.3 Å². The first-order chi connectivity index (χ1) is 15.7. The standard InChI is InChI=1S/C20H20O14/c21-5-12(26)15(29)16(30)19(33)20(34,17(31)6-1-8(22)13(27)9(23)2-6)18(32)7-3-10(24)14(28)11(25)4-7/h1-5,12,15-16,19,22-30,33-34H/t12-,15+,16-,19-/m0/s1. The van der Waals surface area contributed by atoms with Gasteiger partial charge in [-0.15, -0.1) is 0 Å². The van der Waals surface area contributed by atoms with Crippen LogP contribution in [0.4, 0.5) is 0 Å². The molecule has 0 bridgehead atoms. The minimum atomic E-state index is -3.84. The molecule has 0 amide bonds. The molecule has 14 heteroatoms. The van der Waals surface area contributed by atoms with Gasteiger partial charge in [-0.05, 0) is 24.3 Å². The molecule has 184 valence electrons. The van der Waals surface area contributed by atoms with Crippen LogP contribution in [-0.2, 0) is 4.79 Å². The third kappa shape index (κ3) is 4.43. The lowest BCUT2D eigenvalue weighted by molar-refractivity contribution is -0.149. The van der Waals surface area contributed by atoms with Gasteiger partial charge in [0.25, 0.3) is 0 Å². The monoisotopic (exact) mass is 484 g/mol. The number of aliphatic hydroxyl groups is 5. The first-order valence-corrected chi connectivity index (χ1v) is 9.17. The van der Waals surface area contributed by atoms with Crippen LogP contribution >= 0.6 is 0 Å². The Kier molecular flexibility index (Phi) is 7.35. The van der Waals surface area contributed by atoms with E-state index < -0.39 is 87.2 Å². The average Bonchev–Trinajstić information content (AvgIpc) is 2.81. The van der Waals surface area contributed by atoms with Gasteiger partial charge in [0.1, 0.15) is 24.4 Å². The van der Waals surface area contributed by atoms with Crippen LogP contribution in [0.1, 0.15) is 20.7 Å². The van der Waals surface area contributed by atoms with Gasteiger partial charge in [0.05, 0.1) is 0 Å². The first-order valence-electron chi connectivity index (χ1n) is 9.17. The van der Waals surface area contributed by atoms with Crippen molar-refractivity contribution >= 4 is 17.9 Å². The van der Waals surface area contributed by atoms with Gasteiger partial charge in [-0.1, -0.05) is 0 Å². The molecule has 4 atom stereocenters. The molecule has 2 aromatic rings. The Labute approximate surface area is 189 Å². The summed E-state index contributed by atoms with van der Waals surface area (Å²) in [6, 6.07) is 1.82. The second-order valence-electron chi connectivity index (χ2n) is 7.20. The number of aromatic hydroxyl groups is 6. The number of hydrogen-bond donors (Lipinski definition) is 11. The van der Waals surface area contributed by atoms with Crippen LogP contribution in [0.5, 0.6) is 34.5 Å². The van der Waals surface area contributed by atoms with Crippen molar-refractivity contribution in [1.29, 1.82) is 0 Å². The number of phenolic OH excluding ortho intramolecular Hbond substituents is 6. The van der Waals surface area contributed by atoms with Crippen LogP contribution in [0.25, 0.3) is 0 Å². The highest BCUT2D eigenvalue weighted by atomic mass is 16.4. The number of benzene rings is 2. The summed E-state index contributed by atoms with van der Waals surface area (Å²) in [5.74, 6) is -10.3. The number of aliphatic hydroxyl groups excluding tert-OH is 4. The van der Waals surface area contributed by atoms with Crippen molar-refractivity contribution in [1.82, 2.24) is 0 Å². The van der Waals surface area contributed by atoms with Gasteiger partial charge in [0.15, 0.2) is 40.8 Å². The predicted octanol–water partition coefficient (Wildman–Crippen LogP) is -2.64. The van der Waals surface area contributed by atoms with E-state index in [1.165, 1.54) is 0 Å². The van der Waals surface area contributed by atoms with Crippen molar-refractivity contribution in [2.45, 2.75) is 30.0 Å². The lowest BCUT2D eigenvalue weighted by Crippen LogP contribution is -2.63. The summed E-state index contributed by atoms with van der Waals surface area (Å²) >= 11 is 0. The molecule has 0 aromatic heterocycles. The van der Waals surface area contributed by atoms with E-state index in [4.69, 9.17) is 0 Å². The van der Waals surface area contributed by atoms with Crippen LogP contribution in [0.15, 0.2) is 24.3 Å². The van der Waals surface area contributed by atoms with Gasteiger partial charge in [-0.25, -0.2) is 0 Å². The molecule has 14 nitrogen and oxygen atoms in total. The highest BCUT2D eigenvalue weighted by molar-refractivity contribution is 6.23. The normalized spacial score (nSPS) is 15.2. The number of carbonyl (C=O) groups excluding carboxylic acids is 3. The summed E-state index contributed by atoms with van der Waals surface area (Å²) in [7, 11) is 0. The Hall–Kier alpha value is -3.95. The Morgan fingerprint density at radius 3 is 1.29 bits per heavy atom. The average molecular weight is 484 g/mol. The molecule has 0 radical (unpaired) electrons. The zero-order valence-corrected chi connectivity index (χ0v) is 16.8. The predicted molar refractivity (Wildman–Crippen MR) is 107 cm³/mol. The van der Waals surface area contributed by atoms with E-state index in [0.717, 1.165) is 0 Å². The molecule has 0 heterocycles. The van der Waals surface area contributed by atoms with E-state index in [1.54, 1.807) is 0 Å². The molecule has 0 aliphatic rings. The smallest absolute Gasteiger partial charge is 0.219 e. The number of aldehydes is 1. The largest absolute Gasteiger partial charge is 0.504 e. The molecule has 0 saturated heterocycles. The minimum absolute atomic E-state index is 0.268. The minimum Gasteiger partial charge on any atom is -0.504 e. The number of phenols is 6. The molecule has 2 aromatic carbocycles. The van der Waals surface area contributed by atoms with Crippen molar-refractivity contribution < 1.29 is 70.6 Å². The van der Waals surface area contributed by atoms with Crippen molar-refractivity contribution in [2.75, 3.05) is 0 Å². The number of hydrogen-bond acceptors (Lipinski definition) is 14. The topological polar surface area (TPSA) is 274 Å². The molecular formula is C20H20O14. The van der Waals surface area contributed by atoms with Crippen molar-refractivity contribution in [3.63, 3.8) is 0 Å². The van der Waals surface area contributed by atoms with Crippen molar-refractivity contribution in [3.8, 4) is 34.5 Å². The van der Waals surface area contributed by atoms with Gasteiger partial charge in [-0.3, -0.25) is 9.59 Å². The van der Waals surface area contributed by atoms with Crippen molar-refractivity contribution in [3.05, 3.63) is 35.4 Å². The third-order valence-electron chi connectivity index (χ3n) is 4.95. The maximum absolute atomic E-state index is 13.1. The van der Waals surface area contributed by atoms with Gasteiger partial charge in [0, 0.05) is 11.1 Å². The molecule has 0 saturated carbocycles. The molecule has 11 N–H and O–H groups in total. The Morgan fingerprint density at radius 1 is 0.676 bits per heavy atom. The number of Topliss-reactive ketones (excluding diaryl/α,β-unsaturated/α-hetero) is 2. The van der Waals surface area contributed by atoms with E-state index in [-0.39, 0.29) is 6.29 Å². The molecular weight excluding hydrogens is 464 g/mol. The van der Waals surface area contributed by atoms with Crippen LogP contribution < -0.4 is 0 Å². The molecule has 2 rings (SSSR count). The molecule has 0 unspecified atom stereocenters. The maximum Gasteiger partial charge on any atom is 0.219 e. The molecule has 0 aliphatic heterocycles. The highest BCUT2D eigenvalue weighted by Gasteiger charge is 2.55. The van der Waals surface area contributed by atoms with E-state index in [1.807, 2.05) is 0 Å². The summed E-state index contributed by atoms with van der Waals surface area (Å²) in [5, 5.41) is 108. The Balaban J connectivity index is 2.73. The Bertz CT molecular complexity index is 1010. The lowest BCUT2D eigenvalue weighted by atomic mass is 9.77. The second kappa shape index (κ2) is 9.50. The quantitative estimate of drug-likeness (QED) is 0.0751. The first kappa shape index (κ1) is 26.3. The van der Waals surface area contributed by atoms with Crippen molar-refractivity contribution in [2.24, 2.45) is 0 Å². The van der Waals surface area contributed by atoms with Crippen LogP contribution in [0.2, 0.25) is 0 Å². The number of carbonyl (C=O) groups is 3. The van der Waals surface area contributed by atoms with E-state index in [9.17, 15) is 70.6 Å². The zero-order chi connectivity index (χ0) is 26.1. The second-order valence-corrected chi connectivity index (χ2v) is 7.20. The molecule has 34 heavy (non-hydrogen) atoms. The molecule has 0 spiro atoms. The molecule has 0 aliphatic carbocycles. The van der Waals surface area contributed by atoms with Crippen LogP contribution in [-0.4, -0.2) is 104 Å². The van der Waals surface area contributed by atoms with Gasteiger partial charge in [0.2, 0.25) is 17.2 Å². The number of ketones is 2. The number of rotatable bonds is 9. The summed E-state index contributed by atoms with van der Waals surface area (Å²) in [6.45, 7) is 0. The maximum atomic E-state index is 13.1. The summed E-state index contributed by atoms with van der Waals surface area (Å²) in [4.78, 5) is 36.9. The van der Waals surface area contributed by atoms with Gasteiger partial charge >= 0.3 is 0 Å². The fourth-order valence-electron chi connectivity index (χ4n) is 3.00. The SMILES string of the molecule is O=C[C@H](O)[C@@H](O)[C@H](O)[C@H](O)C(O)(C(=O)c1cc(O)c(O)c(O)c1)C(=O)c1cc(O)c(O)c(O)c1. The lowest BCUT2D eigenvalue weighted by Gasteiger charge is -2.35. The Morgan fingerprint density at radius 2 is 1.00 bits per heavy atom. The fraction of sp³-hybridized carbons (Fsp3) is 0.250.